The van der Waals surface area contributed by atoms with E-state index in [1.807, 2.05) is 19.1 Å². The van der Waals surface area contributed by atoms with E-state index in [1.165, 1.54) is 0 Å². The third-order valence-corrected chi connectivity index (χ3v) is 5.06. The van der Waals surface area contributed by atoms with E-state index in [2.05, 4.69) is 27.2 Å². The molecule has 0 amide bonds. The van der Waals surface area contributed by atoms with Crippen LogP contribution in [0.1, 0.15) is 41.2 Å². The minimum Gasteiger partial charge on any atom is -0.398 e. The molecular formula is C25H25F3N6. The summed E-state index contributed by atoms with van der Waals surface area (Å²) in [7, 11) is 1.71. The van der Waals surface area contributed by atoms with E-state index < -0.39 is 11.7 Å². The third-order valence-electron chi connectivity index (χ3n) is 5.06. The van der Waals surface area contributed by atoms with E-state index in [1.54, 1.807) is 37.5 Å². The van der Waals surface area contributed by atoms with E-state index in [0.29, 0.717) is 33.9 Å². The van der Waals surface area contributed by atoms with Gasteiger partial charge in [0, 0.05) is 36.3 Å². The Morgan fingerprint density at radius 2 is 1.82 bits per heavy atom. The molecule has 0 bridgehead atoms. The number of anilines is 3. The van der Waals surface area contributed by atoms with Gasteiger partial charge in [-0.05, 0) is 24.1 Å². The molecule has 0 aliphatic carbocycles. The number of nitrogens with one attached hydrogen (secondary N) is 3. The molecule has 2 heterocycles. The molecule has 34 heavy (non-hydrogen) atoms. The number of hydrogen-bond donors (Lipinski definition) is 4. The number of rotatable bonds is 8. The minimum atomic E-state index is -4.46. The van der Waals surface area contributed by atoms with Gasteiger partial charge in [-0.15, -0.1) is 0 Å². The predicted octanol–water partition coefficient (Wildman–Crippen LogP) is 6.04. The van der Waals surface area contributed by atoms with Gasteiger partial charge in [0.05, 0.1) is 22.5 Å². The number of halogens is 3. The number of nitrogen functional groups attached to an aromatic ring is 1. The highest BCUT2D eigenvalue weighted by molar-refractivity contribution is 6.17. The maximum absolute atomic E-state index is 12.9. The fourth-order valence-electron chi connectivity index (χ4n) is 3.24. The second-order valence-corrected chi connectivity index (χ2v) is 7.39. The van der Waals surface area contributed by atoms with E-state index in [-0.39, 0.29) is 11.5 Å². The normalized spacial score (nSPS) is 11.4. The minimum absolute atomic E-state index is 0.0334. The van der Waals surface area contributed by atoms with E-state index in [9.17, 15) is 13.2 Å². The van der Waals surface area contributed by atoms with Crippen LogP contribution >= 0.6 is 0 Å². The topological polar surface area (TPSA) is 99.7 Å². The first-order chi connectivity index (χ1) is 16.2. The van der Waals surface area contributed by atoms with Crippen LogP contribution in [0.15, 0.2) is 61.4 Å². The lowest BCUT2D eigenvalue weighted by atomic mass is 9.98. The standard InChI is InChI=1S/C25H25F3N6/c1-4-5-6-18-14-33-24(31-3)21(23(18)30)22(29)17-9-7-16(8-10-17)15(2)34-20-13-19(11-12-32-20)25(26,27)28/h5-14,29H,2,4H2,1,3H3,(H,32,34)(H3,30,31,33)/b6-5+,29-22?. The van der Waals surface area contributed by atoms with Crippen molar-refractivity contribution in [2.24, 2.45) is 0 Å². The Hall–Kier alpha value is -4.14. The number of hydrogen-bond acceptors (Lipinski definition) is 6. The molecule has 0 saturated carbocycles. The molecule has 0 radical (unpaired) electrons. The van der Waals surface area contributed by atoms with E-state index >= 15 is 0 Å². The SMILES string of the molecule is C=C(Nc1cc(C(F)(F)F)ccn1)c1ccc(C(=N)c2c(NC)ncc(/C=C/CC)c2N)cc1. The molecule has 2 aromatic heterocycles. The van der Waals surface area contributed by atoms with Gasteiger partial charge in [-0.2, -0.15) is 13.2 Å². The molecule has 5 N–H and O–H groups in total. The van der Waals surface area contributed by atoms with Gasteiger partial charge in [0.25, 0.3) is 0 Å². The lowest BCUT2D eigenvalue weighted by Crippen LogP contribution is -2.12. The second-order valence-electron chi connectivity index (χ2n) is 7.39. The zero-order valence-electron chi connectivity index (χ0n) is 18.8. The van der Waals surface area contributed by atoms with Gasteiger partial charge in [0.2, 0.25) is 0 Å². The summed E-state index contributed by atoms with van der Waals surface area (Å²) in [6, 6.07) is 8.70. The van der Waals surface area contributed by atoms with Crippen molar-refractivity contribution in [3.63, 3.8) is 0 Å². The molecule has 6 nitrogen and oxygen atoms in total. The van der Waals surface area contributed by atoms with Gasteiger partial charge in [0.1, 0.15) is 11.6 Å². The molecule has 0 atom stereocenters. The first-order valence-corrected chi connectivity index (χ1v) is 10.5. The van der Waals surface area contributed by atoms with Crippen LogP contribution in [-0.4, -0.2) is 22.7 Å². The van der Waals surface area contributed by atoms with Crippen molar-refractivity contribution in [3.8, 4) is 0 Å². The number of benzene rings is 1. The second kappa shape index (κ2) is 10.2. The molecule has 3 rings (SSSR count). The lowest BCUT2D eigenvalue weighted by Gasteiger charge is -2.15. The van der Waals surface area contributed by atoms with E-state index in [4.69, 9.17) is 11.1 Å². The summed E-state index contributed by atoms with van der Waals surface area (Å²) in [5.74, 6) is 0.521. The Morgan fingerprint density at radius 1 is 1.15 bits per heavy atom. The van der Waals surface area contributed by atoms with Crippen molar-refractivity contribution in [2.45, 2.75) is 19.5 Å². The third kappa shape index (κ3) is 5.43. The Bertz CT molecular complexity index is 1230. The highest BCUT2D eigenvalue weighted by Gasteiger charge is 2.30. The first kappa shape index (κ1) is 24.5. The average molecular weight is 467 g/mol. The number of aromatic nitrogens is 2. The van der Waals surface area contributed by atoms with Crippen molar-refractivity contribution in [3.05, 3.63) is 89.3 Å². The van der Waals surface area contributed by atoms with Crippen LogP contribution in [0, 0.1) is 5.41 Å². The molecule has 0 spiro atoms. The van der Waals surface area contributed by atoms with Gasteiger partial charge in [-0.25, -0.2) is 9.97 Å². The Morgan fingerprint density at radius 3 is 2.44 bits per heavy atom. The summed E-state index contributed by atoms with van der Waals surface area (Å²) < 4.78 is 38.8. The molecule has 176 valence electrons. The number of allylic oxidation sites excluding steroid dienone is 1. The number of pyridine rings is 2. The predicted molar refractivity (Wildman–Crippen MR) is 132 cm³/mol. The Labute approximate surface area is 196 Å². The van der Waals surface area contributed by atoms with Crippen LogP contribution < -0.4 is 16.4 Å². The number of nitrogens with zero attached hydrogens (tertiary/aromatic N) is 2. The molecular weight excluding hydrogens is 441 g/mol. The largest absolute Gasteiger partial charge is 0.416 e. The molecule has 0 aliphatic rings. The zero-order valence-corrected chi connectivity index (χ0v) is 18.8. The number of nitrogens with two attached hydrogens (primary N) is 1. The fourth-order valence-corrected chi connectivity index (χ4v) is 3.24. The molecule has 3 aromatic rings. The van der Waals surface area contributed by atoms with Crippen LogP contribution in [0.25, 0.3) is 11.8 Å². The summed E-state index contributed by atoms with van der Waals surface area (Å²) in [5.41, 5.74) is 9.00. The van der Waals surface area contributed by atoms with Gasteiger partial charge < -0.3 is 16.4 Å². The molecule has 0 aliphatic heterocycles. The maximum Gasteiger partial charge on any atom is 0.416 e. The lowest BCUT2D eigenvalue weighted by molar-refractivity contribution is -0.137. The monoisotopic (exact) mass is 466 g/mol. The summed E-state index contributed by atoms with van der Waals surface area (Å²) in [5, 5.41) is 14.5. The maximum atomic E-state index is 12.9. The van der Waals surface area contributed by atoms with Gasteiger partial charge in [-0.3, -0.25) is 5.41 Å². The van der Waals surface area contributed by atoms with Gasteiger partial charge in [-0.1, -0.05) is 49.9 Å². The molecule has 0 unspecified atom stereocenters. The molecule has 0 fully saturated rings. The van der Waals surface area contributed by atoms with Crippen molar-refractivity contribution < 1.29 is 13.2 Å². The quantitative estimate of drug-likeness (QED) is 0.303. The van der Waals surface area contributed by atoms with Crippen molar-refractivity contribution in [1.82, 2.24) is 9.97 Å². The molecule has 1 aromatic carbocycles. The smallest absolute Gasteiger partial charge is 0.398 e. The molecule has 9 heteroatoms. The molecule has 0 saturated heterocycles. The van der Waals surface area contributed by atoms with Gasteiger partial charge in [0.15, 0.2) is 0 Å². The average Bonchev–Trinajstić information content (AvgIpc) is 2.82. The Kier molecular flexibility index (Phi) is 7.35. The van der Waals surface area contributed by atoms with Crippen molar-refractivity contribution in [2.75, 3.05) is 23.4 Å². The van der Waals surface area contributed by atoms with Crippen LogP contribution in [0.3, 0.4) is 0 Å². The van der Waals surface area contributed by atoms with E-state index in [0.717, 1.165) is 30.3 Å². The van der Waals surface area contributed by atoms with Crippen LogP contribution in [-0.2, 0) is 6.18 Å². The van der Waals surface area contributed by atoms with Crippen LogP contribution in [0.4, 0.5) is 30.5 Å². The Balaban J connectivity index is 1.84. The van der Waals surface area contributed by atoms with Crippen molar-refractivity contribution >= 4 is 34.8 Å². The van der Waals surface area contributed by atoms with Gasteiger partial charge >= 0.3 is 6.18 Å². The van der Waals surface area contributed by atoms with Crippen LogP contribution in [0.5, 0.6) is 0 Å². The summed E-state index contributed by atoms with van der Waals surface area (Å²) >= 11 is 0. The van der Waals surface area contributed by atoms with Crippen molar-refractivity contribution in [1.29, 1.82) is 5.41 Å². The number of alkyl halides is 3. The first-order valence-electron chi connectivity index (χ1n) is 10.5. The summed E-state index contributed by atoms with van der Waals surface area (Å²) in [4.78, 5) is 8.30. The zero-order chi connectivity index (χ0) is 24.9. The summed E-state index contributed by atoms with van der Waals surface area (Å²) in [6.07, 6.45) is 2.96. The van der Waals surface area contributed by atoms with Crippen LogP contribution in [0.2, 0.25) is 0 Å². The summed E-state index contributed by atoms with van der Waals surface area (Å²) in [6.45, 7) is 5.91. The highest BCUT2D eigenvalue weighted by Crippen LogP contribution is 2.31. The fraction of sp³-hybridized carbons (Fsp3) is 0.160. The highest BCUT2D eigenvalue weighted by atomic mass is 19.4.